The maximum absolute atomic E-state index is 8.19. The number of nitriles is 1. The predicted octanol–water partition coefficient (Wildman–Crippen LogP) is 0.221. The minimum atomic E-state index is 1.62. The zero-order valence-corrected chi connectivity index (χ0v) is 25.0. The summed E-state index contributed by atoms with van der Waals surface area (Å²) in [6.07, 6.45) is 4.94. The number of nitrogens with zero attached hydrogens (tertiary/aromatic N) is 1. The fourth-order valence-electron chi connectivity index (χ4n) is 1.44. The fraction of sp³-hybridized carbons (Fsp3) is 0. The normalized spacial score (nSPS) is 3.88. The van der Waals surface area contributed by atoms with E-state index < -0.39 is 0 Å². The van der Waals surface area contributed by atoms with Crippen LogP contribution in [0.15, 0.2) is 0 Å². The summed E-state index contributed by atoms with van der Waals surface area (Å²) in [7, 11) is 0. The second kappa shape index (κ2) is 37.9. The van der Waals surface area contributed by atoms with E-state index >= 15 is 0 Å². The fourth-order valence-corrected chi connectivity index (χ4v) is 1.44. The summed E-state index contributed by atoms with van der Waals surface area (Å²) in [5, 5.41) is 8.19. The molecule has 0 unspecified atom stereocenters. The molecule has 0 bridgehead atoms. The van der Waals surface area contributed by atoms with E-state index in [-0.39, 0.29) is 0 Å². The Bertz CT molecular complexity index is 2850. The number of hydrogen-bond acceptors (Lipinski definition) is 1. The summed E-state index contributed by atoms with van der Waals surface area (Å²) < 4.78 is 0. The van der Waals surface area contributed by atoms with Gasteiger partial charge in [0.2, 0.25) is 0 Å². The highest BCUT2D eigenvalue weighted by Crippen LogP contribution is 1.62. The van der Waals surface area contributed by atoms with Crippen LogP contribution in [0.2, 0.25) is 0 Å². The van der Waals surface area contributed by atoms with Gasteiger partial charge < -0.3 is 0 Å². The Labute approximate surface area is 295 Å². The van der Waals surface area contributed by atoms with Gasteiger partial charge in [0.15, 0.2) is 6.07 Å². The monoisotopic (exact) mass is 603 g/mol. The zero-order chi connectivity index (χ0) is 35.9. The Balaban J connectivity index is 4.56. The first kappa shape index (κ1) is 38.9. The molecule has 0 spiro atoms. The standard InChI is InChI=1S/C49HN/c1-2-3-4-5-6-7-8-9-10-11-12-13-14-15-16-17-18-19-20-21-22-23-24-25-26-27-28-29-30-31-32-33-34-35-36-37-38-39-40-41-42-43-44-45-46-47-48-49-50/h1H. The van der Waals surface area contributed by atoms with Crippen molar-refractivity contribution in [3.8, 4) is 291 Å². The van der Waals surface area contributed by atoms with Crippen molar-refractivity contribution >= 4 is 0 Å². The van der Waals surface area contributed by atoms with Gasteiger partial charge in [-0.3, -0.25) is 0 Å². The lowest BCUT2D eigenvalue weighted by atomic mass is 10.4. The largest absolute Gasteiger partial charge is 0.183 e. The van der Waals surface area contributed by atoms with Crippen LogP contribution in [0.1, 0.15) is 0 Å². The molecule has 0 fully saturated rings. The van der Waals surface area contributed by atoms with Crippen LogP contribution >= 0.6 is 0 Å². The van der Waals surface area contributed by atoms with Crippen molar-refractivity contribution in [3.63, 3.8) is 0 Å². The molecule has 0 N–H and O–H groups in total. The van der Waals surface area contributed by atoms with Gasteiger partial charge in [-0.15, -0.1) is 6.42 Å². The lowest BCUT2D eigenvalue weighted by Crippen LogP contribution is -1.57. The van der Waals surface area contributed by atoms with Crippen molar-refractivity contribution in [1.82, 2.24) is 0 Å². The first-order chi connectivity index (χ1) is 24.9. The van der Waals surface area contributed by atoms with Crippen molar-refractivity contribution in [2.24, 2.45) is 0 Å². The molecule has 0 aromatic heterocycles. The van der Waals surface area contributed by atoms with Crippen molar-refractivity contribution in [1.29, 1.82) is 5.26 Å². The quantitative estimate of drug-likeness (QED) is 0.364. The van der Waals surface area contributed by atoms with Gasteiger partial charge in [0.05, 0.1) is 0 Å². The first-order valence-electron chi connectivity index (χ1n) is 12.3. The van der Waals surface area contributed by atoms with Crippen molar-refractivity contribution < 1.29 is 0 Å². The highest BCUT2D eigenvalue weighted by Gasteiger charge is 1.62. The van der Waals surface area contributed by atoms with Crippen molar-refractivity contribution in [2.45, 2.75) is 0 Å². The van der Waals surface area contributed by atoms with Gasteiger partial charge in [0.1, 0.15) is 0 Å². The molecule has 0 rings (SSSR count). The van der Waals surface area contributed by atoms with Crippen LogP contribution < -0.4 is 0 Å². The summed E-state index contributed by atoms with van der Waals surface area (Å²) in [5.74, 6) is 115. The minimum Gasteiger partial charge on any atom is -0.183 e. The van der Waals surface area contributed by atoms with Gasteiger partial charge in [0.25, 0.3) is 0 Å². The maximum atomic E-state index is 8.19. The van der Waals surface area contributed by atoms with E-state index in [1.165, 1.54) is 0 Å². The van der Waals surface area contributed by atoms with Crippen LogP contribution in [0.4, 0.5) is 0 Å². The molecule has 0 aromatic rings. The third-order valence-electron chi connectivity index (χ3n) is 2.94. The molecule has 0 radical (unpaired) electrons. The van der Waals surface area contributed by atoms with Gasteiger partial charge in [-0.1, -0.05) is 0 Å². The lowest BCUT2D eigenvalue weighted by Gasteiger charge is -1.57. The predicted molar refractivity (Wildman–Crippen MR) is 193 cm³/mol. The number of rotatable bonds is 0. The Hall–Kier alpha value is -11.1. The average Bonchev–Trinajstić information content (AvgIpc) is 3.13. The minimum absolute atomic E-state index is 1.62. The molecule has 0 atom stereocenters. The van der Waals surface area contributed by atoms with E-state index in [2.05, 4.69) is 278 Å². The van der Waals surface area contributed by atoms with Crippen molar-refractivity contribution in [2.75, 3.05) is 0 Å². The van der Waals surface area contributed by atoms with E-state index in [0.717, 1.165) is 0 Å². The zero-order valence-electron chi connectivity index (χ0n) is 25.0. The molecule has 0 aromatic carbocycles. The van der Waals surface area contributed by atoms with Gasteiger partial charge >= 0.3 is 0 Å². The summed E-state index contributed by atoms with van der Waals surface area (Å²) in [6.45, 7) is 0. The molecule has 0 amide bonds. The first-order valence-corrected chi connectivity index (χ1v) is 12.3. The van der Waals surface area contributed by atoms with Gasteiger partial charge in [0, 0.05) is 231 Å². The molecular weight excluding hydrogens is 603 g/mol. The Kier molecular flexibility index (Phi) is 29.5. The molecule has 50 heavy (non-hydrogen) atoms. The molecule has 0 saturated carbocycles. The highest BCUT2D eigenvalue weighted by molar-refractivity contribution is 5.50. The second-order valence-corrected chi connectivity index (χ2v) is 6.01. The van der Waals surface area contributed by atoms with Crippen LogP contribution in [0.5, 0.6) is 0 Å². The third kappa shape index (κ3) is 36.9. The Morgan fingerprint density at radius 3 is 0.360 bits per heavy atom. The van der Waals surface area contributed by atoms with Crippen LogP contribution in [-0.2, 0) is 0 Å². The Morgan fingerprint density at radius 2 is 0.260 bits per heavy atom. The Morgan fingerprint density at radius 1 is 0.160 bits per heavy atom. The molecule has 0 aliphatic carbocycles. The lowest BCUT2D eigenvalue weighted by molar-refractivity contribution is 1.55. The van der Waals surface area contributed by atoms with Gasteiger partial charge in [-0.05, 0) is 47.4 Å². The summed E-state index contributed by atoms with van der Waals surface area (Å²) in [5.41, 5.74) is 0. The van der Waals surface area contributed by atoms with Gasteiger partial charge in [-0.25, -0.2) is 0 Å². The number of hydrogen-bond donors (Lipinski definition) is 0. The van der Waals surface area contributed by atoms with E-state index in [4.69, 9.17) is 11.7 Å². The van der Waals surface area contributed by atoms with Crippen LogP contribution in [-0.4, -0.2) is 0 Å². The van der Waals surface area contributed by atoms with Crippen LogP contribution in [0, 0.1) is 296 Å². The van der Waals surface area contributed by atoms with Crippen LogP contribution in [0.3, 0.4) is 0 Å². The highest BCUT2D eigenvalue weighted by atomic mass is 14.2. The third-order valence-corrected chi connectivity index (χ3v) is 2.94. The number of terminal acetylenes is 1. The molecular formula is C49HN. The molecule has 1 heteroatoms. The second-order valence-electron chi connectivity index (χ2n) is 6.01. The molecule has 1 nitrogen and oxygen atoms in total. The van der Waals surface area contributed by atoms with E-state index in [9.17, 15) is 0 Å². The van der Waals surface area contributed by atoms with E-state index in [1.54, 1.807) is 6.07 Å². The summed E-state index contributed by atoms with van der Waals surface area (Å²) >= 11 is 0. The average molecular weight is 604 g/mol. The smallest absolute Gasteiger partial charge is 0.153 e. The van der Waals surface area contributed by atoms with E-state index in [0.29, 0.717) is 0 Å². The van der Waals surface area contributed by atoms with Crippen molar-refractivity contribution in [3.05, 3.63) is 0 Å². The molecule has 0 saturated heterocycles. The maximum Gasteiger partial charge on any atom is 0.153 e. The van der Waals surface area contributed by atoms with Gasteiger partial charge in [-0.2, -0.15) is 5.26 Å². The summed E-state index contributed by atoms with van der Waals surface area (Å²) in [6, 6.07) is 1.62. The topological polar surface area (TPSA) is 23.8 Å². The molecule has 0 heterocycles. The van der Waals surface area contributed by atoms with E-state index in [1.807, 2.05) is 0 Å². The SMILES string of the molecule is C#CC#CC#CC#CC#CC#CC#CC#CC#CC#CC#CC#CC#CC#CC#CC#CC#CC#CC#CC#CC#CC#CC#CC#CC#N. The molecule has 202 valence electrons. The molecule has 0 aliphatic heterocycles. The van der Waals surface area contributed by atoms with Crippen LogP contribution in [0.25, 0.3) is 0 Å². The summed E-state index contributed by atoms with van der Waals surface area (Å²) in [4.78, 5) is 0. The molecule has 0 aliphatic rings.